The van der Waals surface area contributed by atoms with Crippen LogP contribution in [0, 0.1) is 0 Å². The third-order valence-corrected chi connectivity index (χ3v) is 3.71. The minimum Gasteiger partial charge on any atom is -0.445 e. The Morgan fingerprint density at radius 3 is 2.54 bits per heavy atom. The SMILES string of the molecule is O=C=Nc1ccccc1C(O)C(O)CCNC(=O)OCc1ccccc1. The van der Waals surface area contributed by atoms with Crippen molar-refractivity contribution in [1.29, 1.82) is 0 Å². The monoisotopic (exact) mass is 356 g/mol. The van der Waals surface area contributed by atoms with Crippen molar-refractivity contribution in [3.63, 3.8) is 0 Å². The summed E-state index contributed by atoms with van der Waals surface area (Å²) >= 11 is 0. The highest BCUT2D eigenvalue weighted by Gasteiger charge is 2.21. The summed E-state index contributed by atoms with van der Waals surface area (Å²) in [6.45, 7) is 0.264. The van der Waals surface area contributed by atoms with E-state index in [1.165, 1.54) is 12.1 Å². The number of aliphatic hydroxyl groups is 2. The third-order valence-electron chi connectivity index (χ3n) is 3.71. The molecule has 0 saturated heterocycles. The summed E-state index contributed by atoms with van der Waals surface area (Å²) in [5, 5.41) is 22.8. The molecule has 2 atom stereocenters. The lowest BCUT2D eigenvalue weighted by atomic mass is 10.0. The number of nitrogens with one attached hydrogen (secondary N) is 1. The Labute approximate surface area is 151 Å². The summed E-state index contributed by atoms with van der Waals surface area (Å²) < 4.78 is 5.05. The van der Waals surface area contributed by atoms with Crippen LogP contribution in [0.3, 0.4) is 0 Å². The fourth-order valence-corrected chi connectivity index (χ4v) is 2.35. The van der Waals surface area contributed by atoms with Gasteiger partial charge in [0, 0.05) is 12.1 Å². The average Bonchev–Trinajstić information content (AvgIpc) is 2.67. The maximum absolute atomic E-state index is 11.6. The van der Waals surface area contributed by atoms with Crippen molar-refractivity contribution in [3.8, 4) is 0 Å². The summed E-state index contributed by atoms with van der Waals surface area (Å²) in [7, 11) is 0. The van der Waals surface area contributed by atoms with E-state index in [4.69, 9.17) is 4.74 Å². The average molecular weight is 356 g/mol. The van der Waals surface area contributed by atoms with Crippen LogP contribution < -0.4 is 5.32 Å². The molecule has 0 fully saturated rings. The van der Waals surface area contributed by atoms with Gasteiger partial charge in [-0.1, -0.05) is 48.5 Å². The summed E-state index contributed by atoms with van der Waals surface area (Å²) in [4.78, 5) is 25.6. The zero-order chi connectivity index (χ0) is 18.8. The molecule has 136 valence electrons. The van der Waals surface area contributed by atoms with Gasteiger partial charge in [-0.15, -0.1) is 0 Å². The Hall–Kier alpha value is -2.99. The molecule has 0 heterocycles. The Bertz CT molecular complexity index is 760. The highest BCUT2D eigenvalue weighted by Crippen LogP contribution is 2.28. The number of amides is 1. The van der Waals surface area contributed by atoms with E-state index in [9.17, 15) is 19.8 Å². The lowest BCUT2D eigenvalue weighted by Gasteiger charge is -2.19. The number of carbonyl (C=O) groups excluding carboxylic acids is 2. The van der Waals surface area contributed by atoms with Crippen LogP contribution in [0.5, 0.6) is 0 Å². The standard InChI is InChI=1S/C19H20N2O5/c22-13-21-16-9-5-4-8-15(16)18(24)17(23)10-11-20-19(25)26-12-14-6-2-1-3-7-14/h1-9,17-18,23-24H,10-12H2,(H,20,25). The number of carbonyl (C=O) groups is 1. The smallest absolute Gasteiger partial charge is 0.407 e. The van der Waals surface area contributed by atoms with Crippen molar-refractivity contribution in [3.05, 3.63) is 65.7 Å². The second-order valence-electron chi connectivity index (χ2n) is 5.55. The van der Waals surface area contributed by atoms with Crippen LogP contribution in [-0.2, 0) is 16.1 Å². The van der Waals surface area contributed by atoms with E-state index < -0.39 is 18.3 Å². The Morgan fingerprint density at radius 2 is 1.81 bits per heavy atom. The van der Waals surface area contributed by atoms with Gasteiger partial charge in [-0.05, 0) is 18.1 Å². The highest BCUT2D eigenvalue weighted by molar-refractivity contribution is 5.67. The molecule has 2 unspecified atom stereocenters. The fraction of sp³-hybridized carbons (Fsp3) is 0.263. The van der Waals surface area contributed by atoms with E-state index in [1.54, 1.807) is 18.2 Å². The van der Waals surface area contributed by atoms with Crippen LogP contribution >= 0.6 is 0 Å². The van der Waals surface area contributed by atoms with Crippen LogP contribution in [0.15, 0.2) is 59.6 Å². The molecule has 0 aliphatic heterocycles. The third kappa shape index (κ3) is 5.82. The molecule has 7 heteroatoms. The zero-order valence-corrected chi connectivity index (χ0v) is 14.0. The maximum atomic E-state index is 11.6. The number of hydrogen-bond donors (Lipinski definition) is 3. The normalized spacial score (nSPS) is 12.5. The molecule has 0 bridgehead atoms. The van der Waals surface area contributed by atoms with E-state index >= 15 is 0 Å². The lowest BCUT2D eigenvalue weighted by Crippen LogP contribution is -2.29. The summed E-state index contributed by atoms with van der Waals surface area (Å²) in [6, 6.07) is 15.7. The molecule has 0 aliphatic carbocycles. The first-order chi connectivity index (χ1) is 12.6. The second kappa shape index (κ2) is 10.1. The molecule has 0 aromatic heterocycles. The Kier molecular flexibility index (Phi) is 7.51. The molecular formula is C19H20N2O5. The van der Waals surface area contributed by atoms with E-state index in [0.717, 1.165) is 5.56 Å². The zero-order valence-electron chi connectivity index (χ0n) is 14.0. The second-order valence-corrected chi connectivity index (χ2v) is 5.55. The summed E-state index contributed by atoms with van der Waals surface area (Å²) in [5.41, 5.74) is 1.42. The topological polar surface area (TPSA) is 108 Å². The maximum Gasteiger partial charge on any atom is 0.407 e. The van der Waals surface area contributed by atoms with Gasteiger partial charge in [0.05, 0.1) is 11.8 Å². The van der Waals surface area contributed by atoms with Gasteiger partial charge in [0.15, 0.2) is 0 Å². The van der Waals surface area contributed by atoms with Gasteiger partial charge < -0.3 is 20.3 Å². The minimum atomic E-state index is -1.24. The first-order valence-corrected chi connectivity index (χ1v) is 8.09. The van der Waals surface area contributed by atoms with Crippen molar-refractivity contribution in [1.82, 2.24) is 5.32 Å². The predicted octanol–water partition coefficient (Wildman–Crippen LogP) is 2.36. The van der Waals surface area contributed by atoms with Crippen molar-refractivity contribution in [2.75, 3.05) is 6.54 Å². The number of isocyanates is 1. The number of ether oxygens (including phenoxy) is 1. The number of aliphatic hydroxyl groups excluding tert-OH is 2. The summed E-state index contributed by atoms with van der Waals surface area (Å²) in [6.07, 6.45) is -1.49. The van der Waals surface area contributed by atoms with Gasteiger partial charge in [0.1, 0.15) is 12.7 Å². The molecule has 0 aliphatic rings. The molecule has 26 heavy (non-hydrogen) atoms. The van der Waals surface area contributed by atoms with Gasteiger partial charge in [-0.3, -0.25) is 0 Å². The molecule has 2 aromatic rings. The largest absolute Gasteiger partial charge is 0.445 e. The van der Waals surface area contributed by atoms with Crippen molar-refractivity contribution < 1.29 is 24.5 Å². The Balaban J connectivity index is 1.78. The van der Waals surface area contributed by atoms with E-state index in [2.05, 4.69) is 10.3 Å². The van der Waals surface area contributed by atoms with Crippen molar-refractivity contribution in [2.45, 2.75) is 25.2 Å². The molecule has 2 rings (SSSR count). The Morgan fingerprint density at radius 1 is 1.12 bits per heavy atom. The molecule has 1 amide bonds. The molecule has 3 N–H and O–H groups in total. The van der Waals surface area contributed by atoms with Crippen LogP contribution in [0.1, 0.15) is 23.7 Å². The number of hydrogen-bond acceptors (Lipinski definition) is 6. The number of aliphatic imine (C=N–C) groups is 1. The van der Waals surface area contributed by atoms with Crippen LogP contribution in [0.4, 0.5) is 10.5 Å². The quantitative estimate of drug-likeness (QED) is 0.497. The van der Waals surface area contributed by atoms with Crippen LogP contribution in [0.2, 0.25) is 0 Å². The summed E-state index contributed by atoms with van der Waals surface area (Å²) in [5.74, 6) is 0. The van der Waals surface area contributed by atoms with Crippen LogP contribution in [0.25, 0.3) is 0 Å². The molecule has 0 radical (unpaired) electrons. The number of alkyl carbamates (subject to hydrolysis) is 1. The fourth-order valence-electron chi connectivity index (χ4n) is 2.35. The molecular weight excluding hydrogens is 336 g/mol. The number of benzene rings is 2. The van der Waals surface area contributed by atoms with Gasteiger partial charge in [-0.25, -0.2) is 9.59 Å². The molecule has 0 saturated carbocycles. The minimum absolute atomic E-state index is 0.0980. The van der Waals surface area contributed by atoms with Gasteiger partial charge in [0.25, 0.3) is 0 Å². The van der Waals surface area contributed by atoms with Crippen molar-refractivity contribution in [2.24, 2.45) is 4.99 Å². The van der Waals surface area contributed by atoms with Gasteiger partial charge in [0.2, 0.25) is 6.08 Å². The molecule has 7 nitrogen and oxygen atoms in total. The lowest BCUT2D eigenvalue weighted by molar-refractivity contribution is 0.0139. The van der Waals surface area contributed by atoms with E-state index in [0.29, 0.717) is 5.56 Å². The predicted molar refractivity (Wildman–Crippen MR) is 94.4 cm³/mol. The van der Waals surface area contributed by atoms with Crippen molar-refractivity contribution >= 4 is 17.9 Å². The van der Waals surface area contributed by atoms with Crippen LogP contribution in [-0.4, -0.2) is 35.0 Å². The number of rotatable bonds is 8. The number of para-hydroxylation sites is 1. The number of nitrogens with zero attached hydrogens (tertiary/aromatic N) is 1. The van der Waals surface area contributed by atoms with E-state index in [-0.39, 0.29) is 25.3 Å². The van der Waals surface area contributed by atoms with Gasteiger partial charge >= 0.3 is 6.09 Å². The molecule has 2 aromatic carbocycles. The van der Waals surface area contributed by atoms with E-state index in [1.807, 2.05) is 30.3 Å². The van der Waals surface area contributed by atoms with Gasteiger partial charge in [-0.2, -0.15) is 4.99 Å². The first kappa shape index (κ1) is 19.3. The highest BCUT2D eigenvalue weighted by atomic mass is 16.5. The first-order valence-electron chi connectivity index (χ1n) is 8.09. The molecule has 0 spiro atoms.